The van der Waals surface area contributed by atoms with E-state index < -0.39 is 0 Å². The quantitative estimate of drug-likeness (QED) is 0.558. The molecule has 0 radical (unpaired) electrons. The van der Waals surface area contributed by atoms with E-state index in [2.05, 4.69) is 18.9 Å². The highest BCUT2D eigenvalue weighted by Gasteiger charge is 2.49. The third-order valence-electron chi connectivity index (χ3n) is 5.12. The van der Waals surface area contributed by atoms with Crippen molar-refractivity contribution in [2.75, 3.05) is 0 Å². The highest BCUT2D eigenvalue weighted by molar-refractivity contribution is 5.01. The van der Waals surface area contributed by atoms with Crippen LogP contribution in [0.1, 0.15) is 46.0 Å². The van der Waals surface area contributed by atoms with E-state index in [0.717, 1.165) is 23.7 Å². The third-order valence-corrected chi connectivity index (χ3v) is 5.12. The number of rotatable bonds is 2. The summed E-state index contributed by atoms with van der Waals surface area (Å²) in [4.78, 5) is 0. The van der Waals surface area contributed by atoms with E-state index in [9.17, 15) is 0 Å². The van der Waals surface area contributed by atoms with Gasteiger partial charge >= 0.3 is 0 Å². The average molecular weight is 208 g/mol. The summed E-state index contributed by atoms with van der Waals surface area (Å²) in [6.07, 6.45) is 7.41. The molecule has 4 rings (SSSR count). The van der Waals surface area contributed by atoms with Gasteiger partial charge in [-0.05, 0) is 69.6 Å². The predicted octanol–water partition coefficient (Wildman–Crippen LogP) is 2.40. The number of hydrogen-bond acceptors (Lipinski definition) is 2. The predicted molar refractivity (Wildman–Crippen MR) is 62.0 cm³/mol. The molecule has 0 aromatic carbocycles. The molecule has 2 N–H and O–H groups in total. The second-order valence-electron chi connectivity index (χ2n) is 6.46. The highest BCUT2D eigenvalue weighted by atomic mass is 15.4. The lowest BCUT2D eigenvalue weighted by Crippen LogP contribution is -2.59. The molecule has 2 nitrogen and oxygen atoms in total. The van der Waals surface area contributed by atoms with Crippen LogP contribution >= 0.6 is 0 Å². The molecular formula is C13H24N2. The maximum absolute atomic E-state index is 6.28. The van der Waals surface area contributed by atoms with Crippen LogP contribution in [0.15, 0.2) is 0 Å². The number of nitrogens with zero attached hydrogens (tertiary/aromatic N) is 1. The summed E-state index contributed by atoms with van der Waals surface area (Å²) in [5.41, 5.74) is 0. The molecule has 4 bridgehead atoms. The smallest absolute Gasteiger partial charge is 0.0300 e. The van der Waals surface area contributed by atoms with Crippen molar-refractivity contribution in [3.05, 3.63) is 0 Å². The van der Waals surface area contributed by atoms with Gasteiger partial charge in [0.2, 0.25) is 0 Å². The van der Waals surface area contributed by atoms with Crippen molar-refractivity contribution in [3.8, 4) is 0 Å². The topological polar surface area (TPSA) is 29.3 Å². The van der Waals surface area contributed by atoms with Gasteiger partial charge in [0.25, 0.3) is 0 Å². The van der Waals surface area contributed by atoms with E-state index in [4.69, 9.17) is 5.84 Å². The summed E-state index contributed by atoms with van der Waals surface area (Å²) in [5.74, 6) is 10.2. The number of nitrogens with two attached hydrogens (primary N) is 1. The van der Waals surface area contributed by atoms with E-state index >= 15 is 0 Å². The van der Waals surface area contributed by atoms with Gasteiger partial charge in [-0.15, -0.1) is 0 Å². The second kappa shape index (κ2) is 3.46. The molecule has 0 atom stereocenters. The maximum Gasteiger partial charge on any atom is 0.0300 e. The minimum absolute atomic E-state index is 0.507. The Morgan fingerprint density at radius 1 is 0.933 bits per heavy atom. The van der Waals surface area contributed by atoms with E-state index in [-0.39, 0.29) is 0 Å². The van der Waals surface area contributed by atoms with Crippen LogP contribution in [0.4, 0.5) is 0 Å². The van der Waals surface area contributed by atoms with Crippen molar-refractivity contribution in [1.29, 1.82) is 0 Å². The van der Waals surface area contributed by atoms with E-state index in [1.165, 1.54) is 32.1 Å². The van der Waals surface area contributed by atoms with Crippen molar-refractivity contribution in [3.63, 3.8) is 0 Å². The fraction of sp³-hybridized carbons (Fsp3) is 1.00. The molecule has 0 saturated heterocycles. The molecule has 4 saturated carbocycles. The van der Waals surface area contributed by atoms with Crippen molar-refractivity contribution in [2.45, 2.75) is 58.0 Å². The highest BCUT2D eigenvalue weighted by Crippen LogP contribution is 2.54. The summed E-state index contributed by atoms with van der Waals surface area (Å²) < 4.78 is 0. The van der Waals surface area contributed by atoms with Crippen LogP contribution in [0.3, 0.4) is 0 Å². The summed E-state index contributed by atoms with van der Waals surface area (Å²) >= 11 is 0. The molecule has 0 unspecified atom stereocenters. The number of hydrazine groups is 1. The molecule has 2 heteroatoms. The Kier molecular flexibility index (Phi) is 2.33. The zero-order valence-electron chi connectivity index (χ0n) is 10.0. The Morgan fingerprint density at radius 2 is 1.40 bits per heavy atom. The van der Waals surface area contributed by atoms with Crippen LogP contribution in [-0.4, -0.2) is 17.1 Å². The van der Waals surface area contributed by atoms with Gasteiger partial charge in [0.1, 0.15) is 0 Å². The fourth-order valence-electron chi connectivity index (χ4n) is 4.73. The van der Waals surface area contributed by atoms with Crippen molar-refractivity contribution in [1.82, 2.24) is 5.01 Å². The number of hydrogen-bond donors (Lipinski definition) is 1. The molecular weight excluding hydrogens is 184 g/mol. The minimum Gasteiger partial charge on any atom is -0.268 e. The molecule has 86 valence electrons. The van der Waals surface area contributed by atoms with Gasteiger partial charge in [-0.25, -0.2) is 5.01 Å². The SMILES string of the molecule is CC(C)N(N)C1C2CC3CC(C2)CC1C3. The zero-order chi connectivity index (χ0) is 10.6. The standard InChI is InChI=1S/C13H24N2/c1-8(2)15(14)13-11-4-9-3-10(6-11)7-12(13)5-9/h8-13H,3-7,14H2,1-2H3. The van der Waals surface area contributed by atoms with Crippen molar-refractivity contribution in [2.24, 2.45) is 29.5 Å². The summed E-state index contributed by atoms with van der Waals surface area (Å²) in [6.45, 7) is 4.45. The van der Waals surface area contributed by atoms with Crippen LogP contribution in [0.2, 0.25) is 0 Å². The van der Waals surface area contributed by atoms with Gasteiger partial charge in [-0.1, -0.05) is 0 Å². The Balaban J connectivity index is 1.80. The first-order valence-electron chi connectivity index (χ1n) is 6.68. The van der Waals surface area contributed by atoms with Crippen LogP contribution in [0.5, 0.6) is 0 Å². The fourth-order valence-corrected chi connectivity index (χ4v) is 4.73. The van der Waals surface area contributed by atoms with Gasteiger partial charge < -0.3 is 0 Å². The molecule has 4 aliphatic rings. The second-order valence-corrected chi connectivity index (χ2v) is 6.46. The first kappa shape index (κ1) is 10.1. The maximum atomic E-state index is 6.28. The molecule has 4 fully saturated rings. The first-order chi connectivity index (χ1) is 7.15. The Hall–Kier alpha value is -0.0800. The molecule has 0 aromatic heterocycles. The molecule has 0 aromatic rings. The molecule has 0 amide bonds. The van der Waals surface area contributed by atoms with Crippen LogP contribution in [-0.2, 0) is 0 Å². The molecule has 15 heavy (non-hydrogen) atoms. The lowest BCUT2D eigenvalue weighted by atomic mass is 9.54. The first-order valence-corrected chi connectivity index (χ1v) is 6.68. The van der Waals surface area contributed by atoms with Crippen molar-refractivity contribution >= 4 is 0 Å². The Bertz CT molecular complexity index is 221. The third kappa shape index (κ3) is 1.53. The van der Waals surface area contributed by atoms with Gasteiger partial charge in [0.15, 0.2) is 0 Å². The molecule has 4 aliphatic carbocycles. The lowest BCUT2D eigenvalue weighted by Gasteiger charge is -2.57. The zero-order valence-corrected chi connectivity index (χ0v) is 10.0. The van der Waals surface area contributed by atoms with E-state index in [1.807, 2.05) is 0 Å². The molecule has 0 aliphatic heterocycles. The monoisotopic (exact) mass is 208 g/mol. The van der Waals surface area contributed by atoms with Gasteiger partial charge in [-0.3, -0.25) is 5.84 Å². The Labute approximate surface area is 93.2 Å². The normalized spacial score (nSPS) is 48.2. The van der Waals surface area contributed by atoms with Crippen LogP contribution < -0.4 is 5.84 Å². The molecule has 0 spiro atoms. The van der Waals surface area contributed by atoms with Gasteiger partial charge in [0, 0.05) is 12.1 Å². The van der Waals surface area contributed by atoms with Crippen LogP contribution in [0.25, 0.3) is 0 Å². The van der Waals surface area contributed by atoms with Crippen molar-refractivity contribution < 1.29 is 0 Å². The van der Waals surface area contributed by atoms with E-state index in [0.29, 0.717) is 12.1 Å². The average Bonchev–Trinajstić information content (AvgIpc) is 2.15. The summed E-state index contributed by atoms with van der Waals surface area (Å²) in [6, 6.07) is 1.21. The summed E-state index contributed by atoms with van der Waals surface area (Å²) in [5, 5.41) is 2.17. The summed E-state index contributed by atoms with van der Waals surface area (Å²) in [7, 11) is 0. The lowest BCUT2D eigenvalue weighted by molar-refractivity contribution is -0.0754. The molecule has 0 heterocycles. The Morgan fingerprint density at radius 3 is 1.80 bits per heavy atom. The minimum atomic E-state index is 0.507. The van der Waals surface area contributed by atoms with E-state index in [1.54, 1.807) is 0 Å². The van der Waals surface area contributed by atoms with Crippen LogP contribution in [0, 0.1) is 23.7 Å². The van der Waals surface area contributed by atoms with Gasteiger partial charge in [-0.2, -0.15) is 0 Å². The largest absolute Gasteiger partial charge is 0.268 e. The van der Waals surface area contributed by atoms with Gasteiger partial charge in [0.05, 0.1) is 0 Å².